The van der Waals surface area contributed by atoms with Crippen LogP contribution in [0.15, 0.2) is 0 Å². The molecule has 4 heteroatoms. The molecule has 3 nitrogen and oxygen atoms in total. The number of carbonyl (C=O) groups is 1. The molecule has 5 heavy (non-hydrogen) atoms. The van der Waals surface area contributed by atoms with Gasteiger partial charge in [-0.3, -0.25) is 0 Å². The van der Waals surface area contributed by atoms with E-state index in [9.17, 15) is 0 Å². The topological polar surface area (TPSA) is 60.4 Å². The van der Waals surface area contributed by atoms with Gasteiger partial charge in [-0.2, -0.15) is 0 Å². The van der Waals surface area contributed by atoms with Crippen LogP contribution in [-0.2, 0) is 0 Å². The third-order valence-corrected chi connectivity index (χ3v) is 0. The van der Waals surface area contributed by atoms with Gasteiger partial charge in [0.25, 0.3) is 0 Å². The Morgan fingerprint density at radius 3 is 1.80 bits per heavy atom. The maximum absolute atomic E-state index is 8.44. The van der Waals surface area contributed by atoms with E-state index in [0.29, 0.717) is 0 Å². The van der Waals surface area contributed by atoms with Crippen LogP contribution < -0.4 is 34.7 Å². The average Bonchev–Trinajstić information content (AvgIpc) is 0.811. The van der Waals surface area contributed by atoms with Gasteiger partial charge >= 0.3 is 29.6 Å². The first-order valence-electron chi connectivity index (χ1n) is 0.632. The Morgan fingerprint density at radius 2 is 1.80 bits per heavy atom. The van der Waals surface area contributed by atoms with Crippen molar-refractivity contribution in [2.75, 3.05) is 0 Å². The molecule has 0 aliphatic heterocycles. The molecule has 0 saturated carbocycles. The van der Waals surface area contributed by atoms with Crippen LogP contribution in [0.1, 0.15) is 0 Å². The fourth-order valence-corrected chi connectivity index (χ4v) is 0. The van der Waals surface area contributed by atoms with E-state index >= 15 is 0 Å². The molecule has 0 saturated heterocycles. The standard InChI is InChI=1S/CH2O3.Na/c2-1(3)4;/h(H2,2,3,4);/q;+1/p-1/i1+2;. The zero-order valence-corrected chi connectivity index (χ0v) is 4.76. The Bertz CT molecular complexity index is 29.9. The molecule has 0 aromatic heterocycles. The molecule has 0 bridgehead atoms. The number of hydrogen-bond donors (Lipinski definition) is 1. The van der Waals surface area contributed by atoms with Gasteiger partial charge in [-0.05, 0) is 0 Å². The van der Waals surface area contributed by atoms with Gasteiger partial charge in [0.2, 0.25) is 6.16 Å². The van der Waals surface area contributed by atoms with Crippen molar-refractivity contribution in [2.24, 2.45) is 0 Å². The van der Waals surface area contributed by atoms with Gasteiger partial charge in [-0.15, -0.1) is 0 Å². The molecule has 0 rings (SSSR count). The molecule has 0 amide bonds. The van der Waals surface area contributed by atoms with Crippen molar-refractivity contribution >= 4 is 6.16 Å². The first-order chi connectivity index (χ1) is 1.73. The first-order valence-corrected chi connectivity index (χ1v) is 0.632. The fraction of sp³-hybridized carbons (Fsp3) is 0. The zero-order valence-electron chi connectivity index (χ0n) is 2.76. The second-order valence-electron chi connectivity index (χ2n) is 0.266. The van der Waals surface area contributed by atoms with Crippen LogP contribution in [0.2, 0.25) is 0 Å². The van der Waals surface area contributed by atoms with Crippen LogP contribution in [0.4, 0.5) is 4.79 Å². The Labute approximate surface area is 50.9 Å². The zero-order chi connectivity index (χ0) is 3.58. The predicted octanol–water partition coefficient (Wildman–Crippen LogP) is -4.11. The van der Waals surface area contributed by atoms with Crippen LogP contribution in [0, 0.1) is 0 Å². The van der Waals surface area contributed by atoms with Crippen molar-refractivity contribution < 1.29 is 44.6 Å². The van der Waals surface area contributed by atoms with E-state index in [1.165, 1.54) is 0 Å². The summed E-state index contributed by atoms with van der Waals surface area (Å²) >= 11 is 0. The van der Waals surface area contributed by atoms with Gasteiger partial charge in [0.05, 0.1) is 0 Å². The van der Waals surface area contributed by atoms with Gasteiger partial charge in [0, 0.05) is 0 Å². The van der Waals surface area contributed by atoms with Crippen LogP contribution in [0.25, 0.3) is 0 Å². The molecule has 0 heterocycles. The molecule has 0 aliphatic carbocycles. The van der Waals surface area contributed by atoms with E-state index in [2.05, 4.69) is 0 Å². The summed E-state index contributed by atoms with van der Waals surface area (Å²) < 4.78 is 0. The molecule has 0 atom stereocenters. The number of carboxylic acid groups (broad SMARTS) is 2. The summed E-state index contributed by atoms with van der Waals surface area (Å²) in [7, 11) is 0. The van der Waals surface area contributed by atoms with Crippen LogP contribution in [0.3, 0.4) is 0 Å². The summed E-state index contributed by atoms with van der Waals surface area (Å²) in [6.45, 7) is 0. The van der Waals surface area contributed by atoms with Crippen molar-refractivity contribution in [3.8, 4) is 0 Å². The van der Waals surface area contributed by atoms with Crippen LogP contribution in [-0.4, -0.2) is 11.3 Å². The van der Waals surface area contributed by atoms with Crippen molar-refractivity contribution in [3.63, 3.8) is 0 Å². The first kappa shape index (κ1) is 8.99. The Morgan fingerprint density at radius 1 is 1.80 bits per heavy atom. The molecule has 0 radical (unpaired) electrons. The summed E-state index contributed by atoms with van der Waals surface area (Å²) in [5.41, 5.74) is 0. The van der Waals surface area contributed by atoms with E-state index in [4.69, 9.17) is 15.0 Å². The van der Waals surface area contributed by atoms with E-state index < -0.39 is 6.16 Å². The molecule has 24 valence electrons. The van der Waals surface area contributed by atoms with E-state index in [-0.39, 0.29) is 29.6 Å². The van der Waals surface area contributed by atoms with Gasteiger partial charge in [0.15, 0.2) is 0 Å². The maximum atomic E-state index is 8.44. The average molecular weight is 86.0 g/mol. The largest absolute Gasteiger partial charge is 1.00 e. The smallest absolute Gasteiger partial charge is 0.565 e. The summed E-state index contributed by atoms with van der Waals surface area (Å²) in [5, 5.41) is 15.3. The summed E-state index contributed by atoms with van der Waals surface area (Å²) in [6.07, 6.45) is -2.08. The SMILES string of the molecule is O=[14C]([O-])O.[Na+]. The third kappa shape index (κ3) is 302. The number of hydrogen-bond acceptors (Lipinski definition) is 2. The van der Waals surface area contributed by atoms with E-state index in [1.54, 1.807) is 0 Å². The second-order valence-corrected chi connectivity index (χ2v) is 0.266. The van der Waals surface area contributed by atoms with Gasteiger partial charge in [-0.1, -0.05) is 0 Å². The number of rotatable bonds is 0. The molecule has 0 unspecified atom stereocenters. The monoisotopic (exact) mass is 86.0 g/mol. The predicted molar refractivity (Wildman–Crippen MR) is 8.02 cm³/mol. The second kappa shape index (κ2) is 4.27. The quantitative estimate of drug-likeness (QED) is 0.305. The molecule has 0 aromatic rings. The Hall–Kier alpha value is 0.270. The van der Waals surface area contributed by atoms with Crippen molar-refractivity contribution in [2.45, 2.75) is 0 Å². The molecule has 1 N–H and O–H groups in total. The third-order valence-electron chi connectivity index (χ3n) is 0. The van der Waals surface area contributed by atoms with Crippen molar-refractivity contribution in [1.82, 2.24) is 0 Å². The minimum atomic E-state index is -2.08. The normalized spacial score (nSPS) is 4.80. The van der Waals surface area contributed by atoms with E-state index in [0.717, 1.165) is 0 Å². The van der Waals surface area contributed by atoms with E-state index in [1.807, 2.05) is 0 Å². The van der Waals surface area contributed by atoms with Crippen molar-refractivity contribution in [1.29, 1.82) is 0 Å². The molecular formula is CHNaO3. The minimum absolute atomic E-state index is 0. The molecule has 0 aromatic carbocycles. The van der Waals surface area contributed by atoms with Crippen LogP contribution in [0.5, 0.6) is 0 Å². The Kier molecular flexibility index (Phi) is 7.67. The van der Waals surface area contributed by atoms with Gasteiger partial charge in [0.1, 0.15) is 0 Å². The fourth-order valence-electron chi connectivity index (χ4n) is 0. The van der Waals surface area contributed by atoms with Crippen LogP contribution >= 0.6 is 0 Å². The molecule has 0 spiro atoms. The maximum Gasteiger partial charge on any atom is 1.00 e. The van der Waals surface area contributed by atoms with Gasteiger partial charge < -0.3 is 15.0 Å². The summed E-state index contributed by atoms with van der Waals surface area (Å²) in [4.78, 5) is 8.44. The minimum Gasteiger partial charge on any atom is -0.565 e. The Balaban J connectivity index is 0. The molecule has 0 fully saturated rings. The molecule has 0 aliphatic rings. The van der Waals surface area contributed by atoms with Crippen molar-refractivity contribution in [3.05, 3.63) is 0 Å². The molecular weight excluding hydrogens is 85.0 g/mol. The summed E-state index contributed by atoms with van der Waals surface area (Å²) in [5.74, 6) is 0. The summed E-state index contributed by atoms with van der Waals surface area (Å²) in [6, 6.07) is 0. The van der Waals surface area contributed by atoms with Gasteiger partial charge in [-0.25, -0.2) is 0 Å².